The van der Waals surface area contributed by atoms with E-state index >= 15 is 0 Å². The van der Waals surface area contributed by atoms with Crippen LogP contribution in [0.1, 0.15) is 12.8 Å². The Labute approximate surface area is 128 Å². The number of carboxylic acid groups (broad SMARTS) is 1. The van der Waals surface area contributed by atoms with E-state index in [1.54, 1.807) is 0 Å². The van der Waals surface area contributed by atoms with Crippen LogP contribution in [0.4, 0.5) is 13.2 Å². The Morgan fingerprint density at radius 1 is 1.29 bits per heavy atom. The number of carbonyl (C=O) groups is 1. The van der Waals surface area contributed by atoms with Crippen molar-refractivity contribution in [3.05, 3.63) is 28.7 Å². The van der Waals surface area contributed by atoms with Crippen molar-refractivity contribution in [3.63, 3.8) is 0 Å². The van der Waals surface area contributed by atoms with Crippen LogP contribution in [-0.4, -0.2) is 36.4 Å². The maximum Gasteiger partial charge on any atom is 0.490 e. The van der Waals surface area contributed by atoms with Crippen molar-refractivity contribution in [2.45, 2.75) is 25.1 Å². The van der Waals surface area contributed by atoms with Gasteiger partial charge in [0.25, 0.3) is 0 Å². The largest absolute Gasteiger partial charge is 0.490 e. The van der Waals surface area contributed by atoms with Gasteiger partial charge in [-0.3, -0.25) is 0 Å². The first-order chi connectivity index (χ1) is 9.80. The van der Waals surface area contributed by atoms with Gasteiger partial charge in [0, 0.05) is 0 Å². The zero-order chi connectivity index (χ0) is 15.9. The summed E-state index contributed by atoms with van der Waals surface area (Å²) in [7, 11) is 0. The van der Waals surface area contributed by atoms with Crippen molar-refractivity contribution in [2.24, 2.45) is 0 Å². The summed E-state index contributed by atoms with van der Waals surface area (Å²) < 4.78 is 38.7. The Morgan fingerprint density at radius 2 is 1.81 bits per heavy atom. The minimum absolute atomic E-state index is 0.370. The smallest absolute Gasteiger partial charge is 0.489 e. The number of aliphatic carboxylic acids is 1. The number of nitrogens with one attached hydrogen (secondary N) is 1. The van der Waals surface area contributed by atoms with E-state index in [2.05, 4.69) is 21.2 Å². The Kier molecular flexibility index (Phi) is 6.97. The quantitative estimate of drug-likeness (QED) is 0.840. The molecule has 1 heterocycles. The summed E-state index contributed by atoms with van der Waals surface area (Å²) in [4.78, 5) is 8.90. The number of halogens is 4. The van der Waals surface area contributed by atoms with E-state index in [0.717, 1.165) is 36.2 Å². The van der Waals surface area contributed by atoms with Crippen LogP contribution in [0.2, 0.25) is 0 Å². The number of carboxylic acids is 1. The highest BCUT2D eigenvalue weighted by Crippen LogP contribution is 2.26. The molecule has 0 amide bonds. The van der Waals surface area contributed by atoms with Gasteiger partial charge < -0.3 is 15.2 Å². The number of rotatable bonds is 2. The molecule has 4 nitrogen and oxygen atoms in total. The van der Waals surface area contributed by atoms with Gasteiger partial charge >= 0.3 is 12.1 Å². The van der Waals surface area contributed by atoms with Crippen LogP contribution in [0.15, 0.2) is 28.7 Å². The van der Waals surface area contributed by atoms with Gasteiger partial charge in [0.15, 0.2) is 0 Å². The average molecular weight is 370 g/mol. The topological polar surface area (TPSA) is 58.6 Å². The average Bonchev–Trinajstić information content (AvgIpc) is 2.42. The Balaban J connectivity index is 0.000000270. The van der Waals surface area contributed by atoms with Gasteiger partial charge in [-0.15, -0.1) is 0 Å². The summed E-state index contributed by atoms with van der Waals surface area (Å²) in [5.41, 5.74) is 0. The molecule has 1 aliphatic heterocycles. The lowest BCUT2D eigenvalue weighted by Crippen LogP contribution is -2.34. The lowest BCUT2D eigenvalue weighted by molar-refractivity contribution is -0.192. The molecule has 118 valence electrons. The molecule has 1 saturated heterocycles. The van der Waals surface area contributed by atoms with Crippen LogP contribution in [0.5, 0.6) is 5.75 Å². The van der Waals surface area contributed by atoms with Gasteiger partial charge in [0.05, 0.1) is 4.47 Å². The lowest BCUT2D eigenvalue weighted by Gasteiger charge is -2.24. The van der Waals surface area contributed by atoms with Gasteiger partial charge in [-0.25, -0.2) is 4.79 Å². The third-order valence-electron chi connectivity index (χ3n) is 2.66. The fourth-order valence-electron chi connectivity index (χ4n) is 1.63. The van der Waals surface area contributed by atoms with Crippen molar-refractivity contribution in [1.29, 1.82) is 0 Å². The maximum absolute atomic E-state index is 10.6. The zero-order valence-corrected chi connectivity index (χ0v) is 12.6. The van der Waals surface area contributed by atoms with E-state index in [0.29, 0.717) is 6.10 Å². The van der Waals surface area contributed by atoms with E-state index < -0.39 is 12.1 Å². The summed E-state index contributed by atoms with van der Waals surface area (Å²) in [6.07, 6.45) is -2.52. The number of piperidine rings is 1. The molecule has 0 spiro atoms. The second-order valence-corrected chi connectivity index (χ2v) is 5.15. The molecular formula is C13H15BrF3NO3. The van der Waals surface area contributed by atoms with Crippen molar-refractivity contribution < 1.29 is 27.8 Å². The van der Waals surface area contributed by atoms with Crippen LogP contribution < -0.4 is 10.1 Å². The molecular weight excluding hydrogens is 355 g/mol. The molecule has 0 unspecified atom stereocenters. The van der Waals surface area contributed by atoms with Gasteiger partial charge in [0.1, 0.15) is 11.9 Å². The highest BCUT2D eigenvalue weighted by atomic mass is 79.9. The molecule has 8 heteroatoms. The molecule has 1 aromatic rings. The molecule has 0 aliphatic carbocycles. The standard InChI is InChI=1S/C11H14BrNO.C2HF3O2/c12-10-3-1-2-4-11(10)14-9-5-7-13-8-6-9;3-2(4,5)1(6)7/h1-4,9,13H,5-8H2;(H,6,7). The molecule has 2 N–H and O–H groups in total. The Bertz CT molecular complexity index is 462. The number of ether oxygens (including phenoxy) is 1. The van der Waals surface area contributed by atoms with Crippen LogP contribution in [-0.2, 0) is 4.79 Å². The van der Waals surface area contributed by atoms with Crippen LogP contribution in [0, 0.1) is 0 Å². The summed E-state index contributed by atoms with van der Waals surface area (Å²) in [6.45, 7) is 2.13. The van der Waals surface area contributed by atoms with Gasteiger partial charge in [-0.1, -0.05) is 12.1 Å². The monoisotopic (exact) mass is 369 g/mol. The third-order valence-corrected chi connectivity index (χ3v) is 3.31. The first-order valence-electron chi connectivity index (χ1n) is 6.22. The molecule has 0 atom stereocenters. The number of para-hydroxylation sites is 1. The van der Waals surface area contributed by atoms with Crippen molar-refractivity contribution in [1.82, 2.24) is 5.32 Å². The predicted molar refractivity (Wildman–Crippen MR) is 74.4 cm³/mol. The molecule has 1 aromatic carbocycles. The molecule has 0 aromatic heterocycles. The zero-order valence-electron chi connectivity index (χ0n) is 11.0. The second-order valence-electron chi connectivity index (χ2n) is 4.30. The van der Waals surface area contributed by atoms with E-state index in [1.165, 1.54) is 0 Å². The van der Waals surface area contributed by atoms with Gasteiger partial charge in [0.2, 0.25) is 0 Å². The minimum atomic E-state index is -5.08. The van der Waals surface area contributed by atoms with E-state index in [4.69, 9.17) is 14.6 Å². The molecule has 0 bridgehead atoms. The molecule has 2 rings (SSSR count). The highest BCUT2D eigenvalue weighted by molar-refractivity contribution is 9.10. The SMILES string of the molecule is Brc1ccccc1OC1CCNCC1.O=C(O)C(F)(F)F. The number of hydrogen-bond acceptors (Lipinski definition) is 3. The summed E-state index contributed by atoms with van der Waals surface area (Å²) in [5.74, 6) is -1.80. The van der Waals surface area contributed by atoms with E-state index in [9.17, 15) is 13.2 Å². The van der Waals surface area contributed by atoms with E-state index in [1.807, 2.05) is 24.3 Å². The fourth-order valence-corrected chi connectivity index (χ4v) is 2.01. The number of benzene rings is 1. The Hall–Kier alpha value is -1.28. The molecule has 0 saturated carbocycles. The van der Waals surface area contributed by atoms with Crippen molar-refractivity contribution in [3.8, 4) is 5.75 Å². The highest BCUT2D eigenvalue weighted by Gasteiger charge is 2.38. The third kappa shape index (κ3) is 6.81. The fraction of sp³-hybridized carbons (Fsp3) is 0.462. The Morgan fingerprint density at radius 3 is 2.29 bits per heavy atom. The summed E-state index contributed by atoms with van der Waals surface area (Å²) in [5, 5.41) is 10.4. The normalized spacial score (nSPS) is 15.8. The molecule has 1 fully saturated rings. The van der Waals surface area contributed by atoms with Crippen LogP contribution in [0.3, 0.4) is 0 Å². The number of hydrogen-bond donors (Lipinski definition) is 2. The van der Waals surface area contributed by atoms with Crippen LogP contribution >= 0.6 is 15.9 Å². The lowest BCUT2D eigenvalue weighted by atomic mass is 10.1. The summed E-state index contributed by atoms with van der Waals surface area (Å²) in [6, 6.07) is 8.02. The van der Waals surface area contributed by atoms with E-state index in [-0.39, 0.29) is 0 Å². The predicted octanol–water partition coefficient (Wildman–Crippen LogP) is 3.21. The van der Waals surface area contributed by atoms with Gasteiger partial charge in [-0.2, -0.15) is 13.2 Å². The first-order valence-corrected chi connectivity index (χ1v) is 7.02. The first kappa shape index (κ1) is 17.8. The second kappa shape index (κ2) is 8.23. The van der Waals surface area contributed by atoms with Crippen molar-refractivity contribution >= 4 is 21.9 Å². The number of alkyl halides is 3. The van der Waals surface area contributed by atoms with Crippen molar-refractivity contribution in [2.75, 3.05) is 13.1 Å². The molecule has 21 heavy (non-hydrogen) atoms. The maximum atomic E-state index is 10.6. The summed E-state index contributed by atoms with van der Waals surface area (Å²) >= 11 is 3.48. The van der Waals surface area contributed by atoms with Gasteiger partial charge in [-0.05, 0) is 54.0 Å². The molecule has 1 aliphatic rings. The van der Waals surface area contributed by atoms with Crippen LogP contribution in [0.25, 0.3) is 0 Å². The minimum Gasteiger partial charge on any atom is -0.489 e. The molecule has 0 radical (unpaired) electrons.